The van der Waals surface area contributed by atoms with Crippen LogP contribution in [0.25, 0.3) is 16.9 Å². The van der Waals surface area contributed by atoms with Crippen LogP contribution < -0.4 is 5.73 Å². The van der Waals surface area contributed by atoms with Crippen molar-refractivity contribution < 1.29 is 4.79 Å². The van der Waals surface area contributed by atoms with Gasteiger partial charge in [-0.25, -0.2) is 9.50 Å². The largest absolute Gasteiger partial charge is 0.365 e. The molecular formula is C18H16N6O. The van der Waals surface area contributed by atoms with Gasteiger partial charge in [0.2, 0.25) is 0 Å². The van der Waals surface area contributed by atoms with E-state index in [2.05, 4.69) is 33.2 Å². The van der Waals surface area contributed by atoms with Crippen LogP contribution in [0.1, 0.15) is 15.9 Å². The zero-order valence-corrected chi connectivity index (χ0v) is 13.5. The van der Waals surface area contributed by atoms with E-state index in [-0.39, 0.29) is 5.92 Å². The third kappa shape index (κ3) is 2.73. The second-order valence-corrected chi connectivity index (χ2v) is 6.21. The van der Waals surface area contributed by atoms with Crippen molar-refractivity contribution in [3.8, 4) is 17.3 Å². The molecule has 2 aromatic heterocycles. The SMILES string of the molecule is N#CC1CN(Cc2ccc(-c3ccc(C(N)=O)c4ncnn34)cc2)C1. The maximum absolute atomic E-state index is 11.5. The Labute approximate surface area is 144 Å². The molecule has 0 atom stereocenters. The Morgan fingerprint density at radius 1 is 1.24 bits per heavy atom. The minimum atomic E-state index is -0.523. The highest BCUT2D eigenvalue weighted by atomic mass is 16.1. The van der Waals surface area contributed by atoms with E-state index in [0.29, 0.717) is 11.2 Å². The van der Waals surface area contributed by atoms with Crippen molar-refractivity contribution in [2.24, 2.45) is 11.7 Å². The van der Waals surface area contributed by atoms with Gasteiger partial charge in [0.15, 0.2) is 5.65 Å². The molecule has 124 valence electrons. The molecule has 3 heterocycles. The van der Waals surface area contributed by atoms with Crippen LogP contribution in [0.4, 0.5) is 0 Å². The minimum Gasteiger partial charge on any atom is -0.365 e. The first-order valence-electron chi connectivity index (χ1n) is 7.99. The third-order valence-corrected chi connectivity index (χ3v) is 4.49. The minimum absolute atomic E-state index is 0.170. The van der Waals surface area contributed by atoms with Crippen LogP contribution in [-0.4, -0.2) is 38.5 Å². The maximum Gasteiger partial charge on any atom is 0.252 e. The molecule has 1 amide bonds. The molecule has 0 radical (unpaired) electrons. The Balaban J connectivity index is 1.60. The van der Waals surface area contributed by atoms with Crippen molar-refractivity contribution in [2.45, 2.75) is 6.54 Å². The van der Waals surface area contributed by atoms with Gasteiger partial charge in [-0.15, -0.1) is 0 Å². The van der Waals surface area contributed by atoms with Gasteiger partial charge in [0, 0.05) is 25.2 Å². The molecule has 1 aliphatic rings. The number of benzene rings is 1. The lowest BCUT2D eigenvalue weighted by atomic mass is 10.0. The zero-order valence-electron chi connectivity index (χ0n) is 13.5. The van der Waals surface area contributed by atoms with Crippen molar-refractivity contribution in [3.63, 3.8) is 0 Å². The number of hydrogen-bond donors (Lipinski definition) is 1. The summed E-state index contributed by atoms with van der Waals surface area (Å²) < 4.78 is 1.63. The molecule has 0 bridgehead atoms. The molecule has 7 nitrogen and oxygen atoms in total. The van der Waals surface area contributed by atoms with Crippen LogP contribution in [0.2, 0.25) is 0 Å². The highest BCUT2D eigenvalue weighted by Crippen LogP contribution is 2.24. The van der Waals surface area contributed by atoms with Crippen molar-refractivity contribution >= 4 is 11.6 Å². The number of carbonyl (C=O) groups is 1. The summed E-state index contributed by atoms with van der Waals surface area (Å²) in [5.41, 5.74) is 9.22. The van der Waals surface area contributed by atoms with E-state index in [1.165, 1.54) is 11.9 Å². The second-order valence-electron chi connectivity index (χ2n) is 6.21. The average Bonchev–Trinajstić information content (AvgIpc) is 3.07. The molecule has 1 fully saturated rings. The number of amides is 1. The topological polar surface area (TPSA) is 100 Å². The number of fused-ring (bicyclic) bond motifs is 1. The van der Waals surface area contributed by atoms with Gasteiger partial charge in [0.05, 0.1) is 23.2 Å². The average molecular weight is 332 g/mol. The Morgan fingerprint density at radius 3 is 2.68 bits per heavy atom. The van der Waals surface area contributed by atoms with E-state index in [1.807, 2.05) is 18.2 Å². The predicted molar refractivity (Wildman–Crippen MR) is 91.3 cm³/mol. The third-order valence-electron chi connectivity index (χ3n) is 4.49. The number of hydrogen-bond acceptors (Lipinski definition) is 5. The smallest absolute Gasteiger partial charge is 0.252 e. The normalized spacial score (nSPS) is 15.0. The van der Waals surface area contributed by atoms with Gasteiger partial charge < -0.3 is 5.73 Å². The lowest BCUT2D eigenvalue weighted by Gasteiger charge is -2.35. The Kier molecular flexibility index (Phi) is 3.67. The predicted octanol–water partition coefficient (Wildman–Crippen LogP) is 1.45. The van der Waals surface area contributed by atoms with Crippen molar-refractivity contribution in [2.75, 3.05) is 13.1 Å². The first-order chi connectivity index (χ1) is 12.2. The number of aromatic nitrogens is 3. The molecule has 1 aliphatic heterocycles. The van der Waals surface area contributed by atoms with Gasteiger partial charge in [0.25, 0.3) is 5.91 Å². The Hall–Kier alpha value is -3.24. The second kappa shape index (κ2) is 6.00. The van der Waals surface area contributed by atoms with Gasteiger partial charge in [-0.1, -0.05) is 24.3 Å². The molecule has 0 saturated carbocycles. The Bertz CT molecular complexity index is 979. The molecule has 1 aromatic carbocycles. The number of primary amides is 1. The molecular weight excluding hydrogens is 316 g/mol. The highest BCUT2D eigenvalue weighted by molar-refractivity contribution is 5.99. The number of nitrogens with zero attached hydrogens (tertiary/aromatic N) is 5. The number of pyridine rings is 1. The van der Waals surface area contributed by atoms with E-state index in [0.717, 1.165) is 30.9 Å². The standard InChI is InChI=1S/C18H16N6O/c19-7-13-9-23(10-13)8-12-1-3-14(4-2-12)16-6-5-15(17(20)25)18-21-11-22-24(16)18/h1-6,11,13H,8-10H2,(H2,20,25). The van der Waals surface area contributed by atoms with Gasteiger partial charge in [-0.3, -0.25) is 9.69 Å². The van der Waals surface area contributed by atoms with Gasteiger partial charge in [0.1, 0.15) is 6.33 Å². The van der Waals surface area contributed by atoms with Crippen LogP contribution in [0.15, 0.2) is 42.7 Å². The van der Waals surface area contributed by atoms with E-state index in [9.17, 15) is 4.79 Å². The van der Waals surface area contributed by atoms with E-state index in [4.69, 9.17) is 11.0 Å². The first kappa shape index (κ1) is 15.3. The van der Waals surface area contributed by atoms with Crippen LogP contribution in [0.5, 0.6) is 0 Å². The molecule has 1 saturated heterocycles. The van der Waals surface area contributed by atoms with Crippen LogP contribution in [0.3, 0.4) is 0 Å². The fourth-order valence-corrected chi connectivity index (χ4v) is 3.14. The quantitative estimate of drug-likeness (QED) is 0.779. The number of carbonyl (C=O) groups excluding carboxylic acids is 1. The fourth-order valence-electron chi connectivity index (χ4n) is 3.14. The summed E-state index contributed by atoms with van der Waals surface area (Å²) in [6, 6.07) is 14.0. The Morgan fingerprint density at radius 2 is 2.00 bits per heavy atom. The molecule has 0 unspecified atom stereocenters. The summed E-state index contributed by atoms with van der Waals surface area (Å²) in [4.78, 5) is 17.9. The monoisotopic (exact) mass is 332 g/mol. The summed E-state index contributed by atoms with van der Waals surface area (Å²) >= 11 is 0. The number of nitriles is 1. The van der Waals surface area contributed by atoms with Gasteiger partial charge in [-0.05, 0) is 17.7 Å². The van der Waals surface area contributed by atoms with Crippen LogP contribution in [-0.2, 0) is 6.54 Å². The van der Waals surface area contributed by atoms with Crippen LogP contribution in [0, 0.1) is 17.2 Å². The first-order valence-corrected chi connectivity index (χ1v) is 7.99. The molecule has 2 N–H and O–H groups in total. The molecule has 0 spiro atoms. The number of likely N-dealkylation sites (tertiary alicyclic amines) is 1. The molecule has 3 aromatic rings. The lowest BCUT2D eigenvalue weighted by molar-refractivity contribution is 0.100. The summed E-state index contributed by atoms with van der Waals surface area (Å²) in [5, 5.41) is 13.0. The zero-order chi connectivity index (χ0) is 17.4. The van der Waals surface area contributed by atoms with Gasteiger partial charge >= 0.3 is 0 Å². The molecule has 7 heteroatoms. The van der Waals surface area contributed by atoms with Crippen molar-refractivity contribution in [1.82, 2.24) is 19.5 Å². The number of nitrogens with two attached hydrogens (primary N) is 1. The van der Waals surface area contributed by atoms with Gasteiger partial charge in [-0.2, -0.15) is 10.4 Å². The van der Waals surface area contributed by atoms with E-state index < -0.39 is 5.91 Å². The number of rotatable bonds is 4. The van der Waals surface area contributed by atoms with Crippen molar-refractivity contribution in [3.05, 3.63) is 53.9 Å². The van der Waals surface area contributed by atoms with E-state index >= 15 is 0 Å². The molecule has 25 heavy (non-hydrogen) atoms. The van der Waals surface area contributed by atoms with Crippen molar-refractivity contribution in [1.29, 1.82) is 5.26 Å². The highest BCUT2D eigenvalue weighted by Gasteiger charge is 2.25. The summed E-state index contributed by atoms with van der Waals surface area (Å²) in [5.74, 6) is -0.353. The summed E-state index contributed by atoms with van der Waals surface area (Å²) in [7, 11) is 0. The summed E-state index contributed by atoms with van der Waals surface area (Å²) in [6.45, 7) is 2.52. The molecule has 0 aliphatic carbocycles. The summed E-state index contributed by atoms with van der Waals surface area (Å²) in [6.07, 6.45) is 1.41. The molecule has 4 rings (SSSR count). The van der Waals surface area contributed by atoms with Crippen LogP contribution >= 0.6 is 0 Å². The maximum atomic E-state index is 11.5. The fraction of sp³-hybridized carbons (Fsp3) is 0.222. The van der Waals surface area contributed by atoms with E-state index in [1.54, 1.807) is 10.6 Å². The lowest BCUT2D eigenvalue weighted by Crippen LogP contribution is -2.45.